The standard InChI is InChI=1S/C51H84O22/c1-21(19-65-45-41(62)39(60)36(57)31(17-52)69-45)9-14-51(64-6)22(2)33-30(73-51)16-28-26-8-7-24-15-25(10-12-49(24,4)27(26)11-13-50(28,33)5)68-48-44(72-47-42(63)38(59)34(55)23(3)67-47)43(37(58)32(18-53)70-48)71-46-40(61)35(56)29(54)20-66-46/h7,21-23,25-48,52-63H,8-20H2,1-6H3/t21-,22+,23+,25+,26-,27+,28+,29-,30+,31-,32-,33+,34+,35+,36-,37-,38-,39+,40-,41-,42-,43+,44-,45-,46+,47+,48-,49+,50+,51+/m1/s1. The van der Waals surface area contributed by atoms with E-state index in [0.29, 0.717) is 43.4 Å². The highest BCUT2D eigenvalue weighted by Gasteiger charge is 2.68. The van der Waals surface area contributed by atoms with Crippen molar-refractivity contribution >= 4 is 0 Å². The van der Waals surface area contributed by atoms with E-state index in [1.165, 1.54) is 12.5 Å². The molecular weight excluding hydrogens is 965 g/mol. The summed E-state index contributed by atoms with van der Waals surface area (Å²) in [4.78, 5) is 0. The van der Waals surface area contributed by atoms with Crippen molar-refractivity contribution in [3.8, 4) is 0 Å². The number of fused-ring (bicyclic) bond motifs is 7. The van der Waals surface area contributed by atoms with Crippen molar-refractivity contribution in [1.29, 1.82) is 0 Å². The summed E-state index contributed by atoms with van der Waals surface area (Å²) in [6.45, 7) is 9.21. The molecule has 12 N–H and O–H groups in total. The third-order valence-electron chi connectivity index (χ3n) is 19.4. The molecule has 0 aromatic rings. The summed E-state index contributed by atoms with van der Waals surface area (Å²) in [6.07, 6.45) is -18.5. The monoisotopic (exact) mass is 1050 g/mol. The Morgan fingerprint density at radius 1 is 0.699 bits per heavy atom. The van der Waals surface area contributed by atoms with E-state index < -0.39 is 148 Å². The predicted molar refractivity (Wildman–Crippen MR) is 249 cm³/mol. The lowest BCUT2D eigenvalue weighted by atomic mass is 9.47. The van der Waals surface area contributed by atoms with E-state index in [1.807, 2.05) is 6.92 Å². The zero-order chi connectivity index (χ0) is 52.6. The first-order valence-electron chi connectivity index (χ1n) is 26.7. The number of hydrogen-bond donors (Lipinski definition) is 12. The molecule has 0 spiro atoms. The Labute approximate surface area is 426 Å². The van der Waals surface area contributed by atoms with Crippen LogP contribution < -0.4 is 0 Å². The number of aliphatic hydroxyl groups is 12. The van der Waals surface area contributed by atoms with Crippen molar-refractivity contribution in [2.45, 2.75) is 227 Å². The van der Waals surface area contributed by atoms with Crippen LogP contribution in [-0.2, 0) is 47.4 Å². The fourth-order valence-corrected chi connectivity index (χ4v) is 15.0. The van der Waals surface area contributed by atoms with Gasteiger partial charge in [-0.25, -0.2) is 0 Å². The van der Waals surface area contributed by atoms with Crippen molar-refractivity contribution < 1.29 is 109 Å². The summed E-state index contributed by atoms with van der Waals surface area (Å²) in [6, 6.07) is 0. The summed E-state index contributed by atoms with van der Waals surface area (Å²) < 4.78 is 61.5. The molecule has 5 aliphatic heterocycles. The van der Waals surface area contributed by atoms with Crippen molar-refractivity contribution in [3.63, 3.8) is 0 Å². The zero-order valence-corrected chi connectivity index (χ0v) is 42.8. The van der Waals surface area contributed by atoms with Crippen LogP contribution in [0, 0.1) is 46.3 Å². The van der Waals surface area contributed by atoms with E-state index in [4.69, 9.17) is 47.4 Å². The second-order valence-electron chi connectivity index (χ2n) is 23.6. The van der Waals surface area contributed by atoms with Crippen LogP contribution in [0.2, 0.25) is 0 Å². The normalized spacial score (nSPS) is 54.5. The highest BCUT2D eigenvalue weighted by atomic mass is 16.8. The highest BCUT2D eigenvalue weighted by Crippen LogP contribution is 2.70. The molecule has 0 unspecified atom stereocenters. The third kappa shape index (κ3) is 10.2. The molecule has 9 aliphatic rings. The number of ether oxygens (including phenoxy) is 10. The molecule has 0 aromatic carbocycles. The maximum absolute atomic E-state index is 11.6. The Kier molecular flexibility index (Phi) is 17.2. The lowest BCUT2D eigenvalue weighted by molar-refractivity contribution is -0.390. The van der Waals surface area contributed by atoms with Crippen LogP contribution in [-0.4, -0.2) is 230 Å². The van der Waals surface area contributed by atoms with Crippen molar-refractivity contribution in [2.75, 3.05) is 33.5 Å². The van der Waals surface area contributed by atoms with Gasteiger partial charge in [0, 0.05) is 19.4 Å². The van der Waals surface area contributed by atoms with E-state index >= 15 is 0 Å². The van der Waals surface area contributed by atoms with Crippen LogP contribution in [0.1, 0.15) is 92.4 Å². The molecule has 9 rings (SSSR count). The lowest BCUT2D eigenvalue weighted by Gasteiger charge is -2.58. The molecule has 420 valence electrons. The fraction of sp³-hybridized carbons (Fsp3) is 0.961. The van der Waals surface area contributed by atoms with E-state index in [9.17, 15) is 61.3 Å². The van der Waals surface area contributed by atoms with Gasteiger partial charge in [0.15, 0.2) is 30.9 Å². The number of allylic oxidation sites excluding steroid dienone is 1. The van der Waals surface area contributed by atoms with Crippen molar-refractivity contribution in [2.24, 2.45) is 46.3 Å². The smallest absolute Gasteiger partial charge is 0.187 e. The van der Waals surface area contributed by atoms with Gasteiger partial charge in [-0.1, -0.05) is 39.3 Å². The fourth-order valence-electron chi connectivity index (χ4n) is 15.0. The van der Waals surface area contributed by atoms with Gasteiger partial charge < -0.3 is 109 Å². The quantitative estimate of drug-likeness (QED) is 0.0813. The number of methoxy groups -OCH3 is 1. The summed E-state index contributed by atoms with van der Waals surface area (Å²) in [7, 11) is 1.72. The molecule has 0 radical (unpaired) electrons. The Morgan fingerprint density at radius 2 is 1.36 bits per heavy atom. The van der Waals surface area contributed by atoms with E-state index in [-0.39, 0.29) is 41.3 Å². The summed E-state index contributed by atoms with van der Waals surface area (Å²) in [5, 5.41) is 126. The average molecular weight is 1050 g/mol. The molecular formula is C51H84O22. The minimum Gasteiger partial charge on any atom is -0.394 e. The van der Waals surface area contributed by atoms with Crippen LogP contribution in [0.25, 0.3) is 0 Å². The minimum atomic E-state index is -1.75. The molecule has 0 amide bonds. The molecule has 8 fully saturated rings. The molecule has 0 aromatic heterocycles. The van der Waals surface area contributed by atoms with Gasteiger partial charge in [0.2, 0.25) is 0 Å². The number of aliphatic hydroxyl groups excluding tert-OH is 12. The van der Waals surface area contributed by atoms with Gasteiger partial charge in [0.1, 0.15) is 85.5 Å². The molecule has 3 saturated carbocycles. The molecule has 22 nitrogen and oxygen atoms in total. The maximum atomic E-state index is 11.6. The van der Waals surface area contributed by atoms with Gasteiger partial charge in [0.05, 0.1) is 44.7 Å². The first kappa shape index (κ1) is 56.6. The molecule has 5 saturated heterocycles. The van der Waals surface area contributed by atoms with Gasteiger partial charge >= 0.3 is 0 Å². The molecule has 4 aliphatic carbocycles. The van der Waals surface area contributed by atoms with E-state index in [1.54, 1.807) is 7.11 Å². The van der Waals surface area contributed by atoms with Crippen LogP contribution in [0.3, 0.4) is 0 Å². The summed E-state index contributed by atoms with van der Waals surface area (Å²) >= 11 is 0. The first-order chi connectivity index (χ1) is 34.6. The van der Waals surface area contributed by atoms with Crippen LogP contribution in [0.5, 0.6) is 0 Å². The molecule has 5 heterocycles. The Morgan fingerprint density at radius 3 is 2.07 bits per heavy atom. The van der Waals surface area contributed by atoms with Gasteiger partial charge in [-0.05, 0) is 98.7 Å². The van der Waals surface area contributed by atoms with Gasteiger partial charge in [0.25, 0.3) is 0 Å². The molecule has 30 atom stereocenters. The zero-order valence-electron chi connectivity index (χ0n) is 42.8. The summed E-state index contributed by atoms with van der Waals surface area (Å²) in [5.41, 5.74) is 1.18. The number of rotatable bonds is 15. The molecule has 73 heavy (non-hydrogen) atoms. The Balaban J connectivity index is 0.864. The first-order valence-corrected chi connectivity index (χ1v) is 26.7. The number of hydrogen-bond acceptors (Lipinski definition) is 22. The van der Waals surface area contributed by atoms with Crippen LogP contribution in [0.4, 0.5) is 0 Å². The van der Waals surface area contributed by atoms with E-state index in [2.05, 4.69) is 26.8 Å². The topological polar surface area (TPSA) is 335 Å². The second-order valence-corrected chi connectivity index (χ2v) is 23.6. The largest absolute Gasteiger partial charge is 0.394 e. The van der Waals surface area contributed by atoms with Gasteiger partial charge in [-0.3, -0.25) is 0 Å². The average Bonchev–Trinajstić information content (AvgIpc) is 3.83. The SMILES string of the molecule is CO[C@@]1(CC[C@@H](C)CO[C@@H]2O[C@H](CO)[C@@H](O)[C@H](O)[C@H]2O)O[C@H]2C[C@H]3[C@@H]4CC=C5C[C@@H](O[C@@H]6O[C@H](CO)[C@@H](O)[C@H](O[C@@H]7OC[C@@H](O)[C@H](O)[C@H]7O)[C@H]6O[C@@H]6O[C@@H](C)[C@H](O)[C@@H](O)[C@H]6O)CC[C@]5(C)[C@H]4CC[C@]3(C)[C@H]2[C@@H]1C. The predicted octanol–water partition coefficient (Wildman–Crippen LogP) is -1.71. The molecule has 0 bridgehead atoms. The van der Waals surface area contributed by atoms with Gasteiger partial charge in [-0.15, -0.1) is 0 Å². The van der Waals surface area contributed by atoms with Gasteiger partial charge in [-0.2, -0.15) is 0 Å². The Hall–Kier alpha value is -1.14. The highest BCUT2D eigenvalue weighted by molar-refractivity contribution is 5.26. The lowest BCUT2D eigenvalue weighted by Crippen LogP contribution is -2.66. The Bertz CT molecular complexity index is 1880. The van der Waals surface area contributed by atoms with E-state index in [0.717, 1.165) is 32.1 Å². The van der Waals surface area contributed by atoms with Crippen LogP contribution >= 0.6 is 0 Å². The maximum Gasteiger partial charge on any atom is 0.187 e. The second kappa shape index (κ2) is 22.2. The van der Waals surface area contributed by atoms with Crippen LogP contribution in [0.15, 0.2) is 11.6 Å². The minimum absolute atomic E-state index is 0.00353. The van der Waals surface area contributed by atoms with Crippen molar-refractivity contribution in [1.82, 2.24) is 0 Å². The third-order valence-corrected chi connectivity index (χ3v) is 19.4. The molecule has 22 heteroatoms. The summed E-state index contributed by atoms with van der Waals surface area (Å²) in [5.74, 6) is 0.863. The van der Waals surface area contributed by atoms with Crippen molar-refractivity contribution in [3.05, 3.63) is 11.6 Å².